The second-order valence-corrected chi connectivity index (χ2v) is 1.79. The van der Waals surface area contributed by atoms with Crippen LogP contribution in [0.1, 0.15) is 6.42 Å². The van der Waals surface area contributed by atoms with Crippen molar-refractivity contribution in [1.29, 1.82) is 0 Å². The number of hydrogen-bond donors (Lipinski definition) is 0. The summed E-state index contributed by atoms with van der Waals surface area (Å²) in [6.45, 7) is 4.15. The summed E-state index contributed by atoms with van der Waals surface area (Å²) in [5.41, 5.74) is 0. The molecule has 0 N–H and O–H groups in total. The standard InChI is InChI=1S/C5H9ClO/c1-5(6)3-4-7-2/h1,3-4H2,2H3. The van der Waals surface area contributed by atoms with Crippen LogP contribution in [-0.4, -0.2) is 13.7 Å². The third-order valence-electron chi connectivity index (χ3n) is 0.577. The molecule has 0 aliphatic carbocycles. The van der Waals surface area contributed by atoms with E-state index >= 15 is 0 Å². The second-order valence-electron chi connectivity index (χ2n) is 1.26. The molecule has 0 rings (SSSR count). The summed E-state index contributed by atoms with van der Waals surface area (Å²) in [5, 5.41) is 0.654. The van der Waals surface area contributed by atoms with Crippen molar-refractivity contribution >= 4 is 11.6 Å². The summed E-state index contributed by atoms with van der Waals surface area (Å²) in [7, 11) is 1.64. The average molecular weight is 121 g/mol. The first-order chi connectivity index (χ1) is 3.27. The van der Waals surface area contributed by atoms with Crippen molar-refractivity contribution in [3.63, 3.8) is 0 Å². The summed E-state index contributed by atoms with van der Waals surface area (Å²) in [4.78, 5) is 0. The Hall–Kier alpha value is -0.0100. The van der Waals surface area contributed by atoms with Gasteiger partial charge >= 0.3 is 0 Å². The monoisotopic (exact) mass is 120 g/mol. The SMILES string of the molecule is C=C(Cl)CCOC. The van der Waals surface area contributed by atoms with Gasteiger partial charge in [0.1, 0.15) is 0 Å². The van der Waals surface area contributed by atoms with Crippen LogP contribution >= 0.6 is 11.6 Å². The highest BCUT2D eigenvalue weighted by Gasteiger charge is 1.83. The van der Waals surface area contributed by atoms with E-state index in [-0.39, 0.29) is 0 Å². The van der Waals surface area contributed by atoms with E-state index < -0.39 is 0 Å². The molecule has 0 fully saturated rings. The third kappa shape index (κ3) is 5.99. The van der Waals surface area contributed by atoms with Crippen molar-refractivity contribution in [3.8, 4) is 0 Å². The Labute approximate surface area is 48.9 Å². The van der Waals surface area contributed by atoms with E-state index in [1.165, 1.54) is 0 Å². The summed E-state index contributed by atoms with van der Waals surface area (Å²) >= 11 is 5.38. The van der Waals surface area contributed by atoms with Gasteiger partial charge in [0.2, 0.25) is 0 Å². The number of methoxy groups -OCH3 is 1. The summed E-state index contributed by atoms with van der Waals surface area (Å²) in [6.07, 6.45) is 0.748. The van der Waals surface area contributed by atoms with Crippen molar-refractivity contribution in [2.75, 3.05) is 13.7 Å². The van der Waals surface area contributed by atoms with Crippen LogP contribution in [0.3, 0.4) is 0 Å². The van der Waals surface area contributed by atoms with Crippen molar-refractivity contribution in [3.05, 3.63) is 11.6 Å². The lowest BCUT2D eigenvalue weighted by atomic mass is 10.4. The van der Waals surface area contributed by atoms with Gasteiger partial charge in [0.25, 0.3) is 0 Å². The van der Waals surface area contributed by atoms with Crippen LogP contribution in [0.5, 0.6) is 0 Å². The molecule has 0 unspecified atom stereocenters. The van der Waals surface area contributed by atoms with Gasteiger partial charge in [-0.1, -0.05) is 18.2 Å². The third-order valence-corrected chi connectivity index (χ3v) is 0.766. The minimum atomic E-state index is 0.654. The topological polar surface area (TPSA) is 9.23 Å². The molecule has 0 saturated heterocycles. The normalized spacial score (nSPS) is 8.86. The lowest BCUT2D eigenvalue weighted by Gasteiger charge is -1.91. The van der Waals surface area contributed by atoms with E-state index in [1.807, 2.05) is 0 Å². The Morgan fingerprint density at radius 1 is 1.86 bits per heavy atom. The highest BCUT2D eigenvalue weighted by Crippen LogP contribution is 2.00. The van der Waals surface area contributed by atoms with Gasteiger partial charge in [0, 0.05) is 18.6 Å². The molecule has 0 amide bonds. The van der Waals surface area contributed by atoms with Gasteiger partial charge < -0.3 is 4.74 Å². The predicted octanol–water partition coefficient (Wildman–Crippen LogP) is 1.78. The van der Waals surface area contributed by atoms with Gasteiger partial charge in [-0.3, -0.25) is 0 Å². The zero-order valence-electron chi connectivity index (χ0n) is 4.41. The molecule has 7 heavy (non-hydrogen) atoms. The fourth-order valence-corrected chi connectivity index (χ4v) is 0.290. The molecule has 0 heterocycles. The van der Waals surface area contributed by atoms with E-state index in [2.05, 4.69) is 6.58 Å². The second kappa shape index (κ2) is 4.16. The quantitative estimate of drug-likeness (QED) is 0.552. The maximum absolute atomic E-state index is 5.38. The highest BCUT2D eigenvalue weighted by molar-refractivity contribution is 6.29. The van der Waals surface area contributed by atoms with E-state index in [0.717, 1.165) is 6.42 Å². The molecule has 0 aliphatic rings. The predicted molar refractivity (Wildman–Crippen MR) is 31.5 cm³/mol. The number of rotatable bonds is 3. The molecule has 0 saturated carbocycles. The van der Waals surface area contributed by atoms with Crippen LogP contribution < -0.4 is 0 Å². The molecule has 0 aliphatic heterocycles. The molecular weight excluding hydrogens is 112 g/mol. The Morgan fingerprint density at radius 2 is 2.43 bits per heavy atom. The van der Waals surface area contributed by atoms with Crippen molar-refractivity contribution in [2.24, 2.45) is 0 Å². The fraction of sp³-hybridized carbons (Fsp3) is 0.600. The van der Waals surface area contributed by atoms with Gasteiger partial charge in [0.05, 0.1) is 6.61 Å². The summed E-state index contributed by atoms with van der Waals surface area (Å²) in [6, 6.07) is 0. The molecule has 0 aromatic carbocycles. The number of halogens is 1. The highest BCUT2D eigenvalue weighted by atomic mass is 35.5. The van der Waals surface area contributed by atoms with E-state index in [9.17, 15) is 0 Å². The first kappa shape index (κ1) is 6.99. The largest absolute Gasteiger partial charge is 0.384 e. The van der Waals surface area contributed by atoms with E-state index in [0.29, 0.717) is 11.6 Å². The fourth-order valence-electron chi connectivity index (χ4n) is 0.213. The molecule has 0 bridgehead atoms. The summed E-state index contributed by atoms with van der Waals surface area (Å²) < 4.78 is 4.71. The molecular formula is C5H9ClO. The molecule has 1 nitrogen and oxygen atoms in total. The molecule has 0 spiro atoms. The Kier molecular flexibility index (Phi) is 4.15. The van der Waals surface area contributed by atoms with Crippen LogP contribution in [-0.2, 0) is 4.74 Å². The first-order valence-corrected chi connectivity index (χ1v) is 2.47. The number of hydrogen-bond acceptors (Lipinski definition) is 1. The molecule has 0 radical (unpaired) electrons. The lowest BCUT2D eigenvalue weighted by molar-refractivity contribution is 0.203. The maximum atomic E-state index is 5.38. The van der Waals surface area contributed by atoms with Gasteiger partial charge in [-0.2, -0.15) is 0 Å². The minimum Gasteiger partial charge on any atom is -0.384 e. The smallest absolute Gasteiger partial charge is 0.0511 e. The Bertz CT molecular complexity index is 61.1. The average Bonchev–Trinajstić information content (AvgIpc) is 1.61. The Morgan fingerprint density at radius 3 is 2.57 bits per heavy atom. The van der Waals surface area contributed by atoms with Gasteiger partial charge in [-0.15, -0.1) is 0 Å². The van der Waals surface area contributed by atoms with Crippen molar-refractivity contribution < 1.29 is 4.74 Å². The molecule has 0 aromatic heterocycles. The van der Waals surface area contributed by atoms with Gasteiger partial charge in [0.15, 0.2) is 0 Å². The van der Waals surface area contributed by atoms with Crippen LogP contribution in [0.25, 0.3) is 0 Å². The van der Waals surface area contributed by atoms with E-state index in [4.69, 9.17) is 16.3 Å². The van der Waals surface area contributed by atoms with Crippen molar-refractivity contribution in [2.45, 2.75) is 6.42 Å². The molecule has 42 valence electrons. The maximum Gasteiger partial charge on any atom is 0.0511 e. The van der Waals surface area contributed by atoms with Gasteiger partial charge in [-0.25, -0.2) is 0 Å². The van der Waals surface area contributed by atoms with Crippen molar-refractivity contribution in [1.82, 2.24) is 0 Å². The zero-order chi connectivity index (χ0) is 5.70. The molecule has 0 atom stereocenters. The Balaban J connectivity index is 2.82. The van der Waals surface area contributed by atoms with Crippen LogP contribution in [0.15, 0.2) is 11.6 Å². The van der Waals surface area contributed by atoms with Crippen LogP contribution in [0.2, 0.25) is 0 Å². The zero-order valence-corrected chi connectivity index (χ0v) is 5.16. The van der Waals surface area contributed by atoms with Gasteiger partial charge in [-0.05, 0) is 0 Å². The minimum absolute atomic E-state index is 0.654. The number of ether oxygens (including phenoxy) is 1. The lowest BCUT2D eigenvalue weighted by Crippen LogP contribution is -1.85. The van der Waals surface area contributed by atoms with E-state index in [1.54, 1.807) is 7.11 Å². The van der Waals surface area contributed by atoms with Crippen LogP contribution in [0.4, 0.5) is 0 Å². The first-order valence-electron chi connectivity index (χ1n) is 2.09. The molecule has 2 heteroatoms. The summed E-state index contributed by atoms with van der Waals surface area (Å²) in [5.74, 6) is 0. The molecule has 0 aromatic rings. The van der Waals surface area contributed by atoms with Crippen LogP contribution in [0, 0.1) is 0 Å².